The first kappa shape index (κ1) is 13.8. The van der Waals surface area contributed by atoms with Crippen LogP contribution in [0.15, 0.2) is 34.1 Å². The van der Waals surface area contributed by atoms with E-state index in [4.69, 9.17) is 4.42 Å². The van der Waals surface area contributed by atoms with Crippen LogP contribution in [0.25, 0.3) is 11.5 Å². The minimum atomic E-state index is 0.111. The maximum atomic E-state index is 5.53. The summed E-state index contributed by atoms with van der Waals surface area (Å²) in [5.41, 5.74) is 2.89. The average molecular weight is 300 g/mol. The van der Waals surface area contributed by atoms with E-state index in [2.05, 4.69) is 32.8 Å². The van der Waals surface area contributed by atoms with Crippen LogP contribution in [-0.4, -0.2) is 15.2 Å². The van der Waals surface area contributed by atoms with Gasteiger partial charge in [0.1, 0.15) is 0 Å². The number of anilines is 1. The summed E-state index contributed by atoms with van der Waals surface area (Å²) in [6.45, 7) is 5.88. The maximum Gasteiger partial charge on any atom is 0.249 e. The lowest BCUT2D eigenvalue weighted by atomic mass is 10.1. The van der Waals surface area contributed by atoms with E-state index in [9.17, 15) is 0 Å². The Hall–Kier alpha value is -2.21. The number of hydrogen-bond donors (Lipinski definition) is 1. The highest BCUT2D eigenvalue weighted by Crippen LogP contribution is 2.29. The van der Waals surface area contributed by atoms with Gasteiger partial charge in [0, 0.05) is 18.0 Å². The number of para-hydroxylation sites is 1. The van der Waals surface area contributed by atoms with Crippen LogP contribution >= 0.6 is 11.3 Å². The van der Waals surface area contributed by atoms with Gasteiger partial charge in [0.05, 0.1) is 22.3 Å². The molecule has 3 rings (SSSR count). The number of hydrogen-bond acceptors (Lipinski definition) is 6. The molecule has 0 fully saturated rings. The zero-order valence-electron chi connectivity index (χ0n) is 12.1. The lowest BCUT2D eigenvalue weighted by Gasteiger charge is -2.15. The molecule has 0 radical (unpaired) electrons. The number of nitrogens with one attached hydrogen (secondary N) is 1. The Morgan fingerprint density at radius 3 is 2.67 bits per heavy atom. The molecule has 0 aliphatic rings. The first-order valence-corrected chi connectivity index (χ1v) is 7.59. The molecular weight excluding hydrogens is 284 g/mol. The first-order valence-electron chi connectivity index (χ1n) is 6.71. The highest BCUT2D eigenvalue weighted by atomic mass is 32.1. The molecule has 0 spiro atoms. The number of aryl methyl sites for hydroxylation is 2. The van der Waals surface area contributed by atoms with Crippen molar-refractivity contribution in [3.05, 3.63) is 46.2 Å². The van der Waals surface area contributed by atoms with E-state index in [0.717, 1.165) is 22.0 Å². The van der Waals surface area contributed by atoms with Gasteiger partial charge in [-0.25, -0.2) is 4.98 Å². The van der Waals surface area contributed by atoms with Crippen LogP contribution in [0.1, 0.15) is 29.6 Å². The molecule has 2 aromatic heterocycles. The van der Waals surface area contributed by atoms with Gasteiger partial charge in [-0.2, -0.15) is 0 Å². The topological polar surface area (TPSA) is 63.8 Å². The van der Waals surface area contributed by atoms with Crippen molar-refractivity contribution in [2.45, 2.75) is 26.8 Å². The fourth-order valence-electron chi connectivity index (χ4n) is 2.09. The average Bonchev–Trinajstić information content (AvgIpc) is 3.08. The molecule has 108 valence electrons. The second kappa shape index (κ2) is 5.65. The third-order valence-corrected chi connectivity index (χ3v) is 3.93. The standard InChI is InChI=1S/C15H16N4OS/c1-9(14-8-21-11(3)17-14)16-13-7-5-4-6-12(13)15-19-18-10(2)20-15/h4-9,16H,1-3H3. The monoisotopic (exact) mass is 300 g/mol. The number of rotatable bonds is 4. The Morgan fingerprint density at radius 1 is 1.19 bits per heavy atom. The van der Waals surface area contributed by atoms with Crippen LogP contribution in [-0.2, 0) is 0 Å². The van der Waals surface area contributed by atoms with Crippen LogP contribution in [0.2, 0.25) is 0 Å². The van der Waals surface area contributed by atoms with E-state index in [1.807, 2.05) is 31.2 Å². The summed E-state index contributed by atoms with van der Waals surface area (Å²) in [4.78, 5) is 4.52. The van der Waals surface area contributed by atoms with Crippen molar-refractivity contribution in [3.63, 3.8) is 0 Å². The van der Waals surface area contributed by atoms with Gasteiger partial charge in [0.25, 0.3) is 0 Å². The summed E-state index contributed by atoms with van der Waals surface area (Å²) >= 11 is 1.66. The zero-order chi connectivity index (χ0) is 14.8. The minimum Gasteiger partial charge on any atom is -0.421 e. The second-order valence-corrected chi connectivity index (χ2v) is 5.89. The van der Waals surface area contributed by atoms with E-state index in [1.54, 1.807) is 18.3 Å². The Kier molecular flexibility index (Phi) is 3.70. The van der Waals surface area contributed by atoms with Crippen molar-refractivity contribution in [1.29, 1.82) is 0 Å². The number of benzene rings is 1. The lowest BCUT2D eigenvalue weighted by molar-refractivity contribution is 0.533. The first-order chi connectivity index (χ1) is 10.1. The largest absolute Gasteiger partial charge is 0.421 e. The summed E-state index contributed by atoms with van der Waals surface area (Å²) in [5.74, 6) is 1.08. The maximum absolute atomic E-state index is 5.53. The molecule has 0 saturated heterocycles. The summed E-state index contributed by atoms with van der Waals surface area (Å²) in [7, 11) is 0. The van der Waals surface area contributed by atoms with Gasteiger partial charge >= 0.3 is 0 Å². The Balaban J connectivity index is 1.89. The molecule has 0 aliphatic carbocycles. The fraction of sp³-hybridized carbons (Fsp3) is 0.267. The van der Waals surface area contributed by atoms with E-state index >= 15 is 0 Å². The van der Waals surface area contributed by atoms with Gasteiger partial charge in [0.2, 0.25) is 11.8 Å². The molecule has 0 saturated carbocycles. The van der Waals surface area contributed by atoms with E-state index in [0.29, 0.717) is 11.8 Å². The van der Waals surface area contributed by atoms with Gasteiger partial charge in [-0.15, -0.1) is 21.5 Å². The molecule has 0 bridgehead atoms. The predicted molar refractivity (Wildman–Crippen MR) is 83.4 cm³/mol. The molecule has 1 unspecified atom stereocenters. The summed E-state index contributed by atoms with van der Waals surface area (Å²) in [6, 6.07) is 8.02. The van der Waals surface area contributed by atoms with Crippen LogP contribution < -0.4 is 5.32 Å². The van der Waals surface area contributed by atoms with Crippen molar-refractivity contribution in [1.82, 2.24) is 15.2 Å². The van der Waals surface area contributed by atoms with Gasteiger partial charge < -0.3 is 9.73 Å². The van der Waals surface area contributed by atoms with E-state index in [-0.39, 0.29) is 6.04 Å². The van der Waals surface area contributed by atoms with E-state index < -0.39 is 0 Å². The normalized spacial score (nSPS) is 12.3. The third kappa shape index (κ3) is 2.95. The highest BCUT2D eigenvalue weighted by Gasteiger charge is 2.14. The Bertz CT molecular complexity index is 749. The van der Waals surface area contributed by atoms with Crippen LogP contribution in [0.3, 0.4) is 0 Å². The molecule has 5 nitrogen and oxygen atoms in total. The van der Waals surface area contributed by atoms with Gasteiger partial charge in [-0.05, 0) is 26.0 Å². The molecule has 1 N–H and O–H groups in total. The summed E-state index contributed by atoms with van der Waals surface area (Å²) in [5, 5.41) is 14.6. The lowest BCUT2D eigenvalue weighted by Crippen LogP contribution is -2.08. The number of thiazole rings is 1. The zero-order valence-corrected chi connectivity index (χ0v) is 12.9. The van der Waals surface area contributed by atoms with Crippen molar-refractivity contribution in [2.75, 3.05) is 5.32 Å². The van der Waals surface area contributed by atoms with Crippen LogP contribution in [0.4, 0.5) is 5.69 Å². The van der Waals surface area contributed by atoms with Crippen molar-refractivity contribution in [3.8, 4) is 11.5 Å². The number of aromatic nitrogens is 3. The smallest absolute Gasteiger partial charge is 0.249 e. The Labute approximate surface area is 127 Å². The molecule has 3 aromatic rings. The summed E-state index contributed by atoms with van der Waals surface area (Å²) in [6.07, 6.45) is 0. The van der Waals surface area contributed by atoms with E-state index in [1.165, 1.54) is 0 Å². The second-order valence-electron chi connectivity index (χ2n) is 4.83. The van der Waals surface area contributed by atoms with Crippen molar-refractivity contribution >= 4 is 17.0 Å². The van der Waals surface area contributed by atoms with Gasteiger partial charge in [-0.1, -0.05) is 12.1 Å². The highest BCUT2D eigenvalue weighted by molar-refractivity contribution is 7.09. The molecule has 0 amide bonds. The number of nitrogens with zero attached hydrogens (tertiary/aromatic N) is 3. The fourth-order valence-corrected chi connectivity index (χ4v) is 2.79. The summed E-state index contributed by atoms with van der Waals surface area (Å²) < 4.78 is 5.53. The molecule has 6 heteroatoms. The van der Waals surface area contributed by atoms with Gasteiger partial charge in [-0.3, -0.25) is 0 Å². The molecule has 21 heavy (non-hydrogen) atoms. The molecule has 0 aliphatic heterocycles. The molecular formula is C15H16N4OS. The SMILES string of the molecule is Cc1nnc(-c2ccccc2NC(C)c2csc(C)n2)o1. The quantitative estimate of drug-likeness (QED) is 0.789. The van der Waals surface area contributed by atoms with Crippen molar-refractivity contribution < 1.29 is 4.42 Å². The van der Waals surface area contributed by atoms with Gasteiger partial charge in [0.15, 0.2) is 0 Å². The Morgan fingerprint density at radius 2 is 2.00 bits per heavy atom. The predicted octanol–water partition coefficient (Wildman–Crippen LogP) is 3.98. The molecule has 1 aromatic carbocycles. The van der Waals surface area contributed by atoms with Crippen LogP contribution in [0, 0.1) is 13.8 Å². The minimum absolute atomic E-state index is 0.111. The molecule has 1 atom stereocenters. The third-order valence-electron chi connectivity index (χ3n) is 3.14. The van der Waals surface area contributed by atoms with Crippen molar-refractivity contribution in [2.24, 2.45) is 0 Å². The van der Waals surface area contributed by atoms with Crippen LogP contribution in [0.5, 0.6) is 0 Å². The molecule has 2 heterocycles.